The lowest BCUT2D eigenvalue weighted by Crippen LogP contribution is -2.65. The van der Waals surface area contributed by atoms with Crippen molar-refractivity contribution in [2.24, 2.45) is 11.5 Å². The van der Waals surface area contributed by atoms with E-state index in [9.17, 15) is 59.1 Å². The number of carboxylic acids is 2. The molecule has 0 radical (unpaired) electrons. The SMILES string of the molecule is CC(=O)N[C@H]1C(O)O[C@H](CO)[C@@H](O)[C@@H]1OC(C)C(=O)NC(C)C(=O)NC(CCC(=O)NC(CCCC(N)C(N)=O)C(=O)O)C(=O)O. The Bertz CT molecular complexity index is 1110. The molecule has 5 amide bonds. The number of aliphatic hydroxyl groups is 3. The molecule has 0 saturated carbocycles. The highest BCUT2D eigenvalue weighted by atomic mass is 16.6. The van der Waals surface area contributed by atoms with E-state index in [4.69, 9.17) is 20.9 Å². The summed E-state index contributed by atoms with van der Waals surface area (Å²) in [5.74, 6) is -6.94. The number of aliphatic carboxylic acids is 2. The third-order valence-electron chi connectivity index (χ3n) is 7.01. The van der Waals surface area contributed by atoms with Crippen LogP contribution in [-0.4, -0.2) is 135 Å². The Kier molecular flexibility index (Phi) is 16.5. The molecule has 0 aromatic heterocycles. The monoisotopic (exact) mass is 664 g/mol. The van der Waals surface area contributed by atoms with Crippen LogP contribution in [0.15, 0.2) is 0 Å². The minimum atomic E-state index is -1.70. The maximum atomic E-state index is 12.8. The topological polar surface area (TPSA) is 339 Å². The molecule has 46 heavy (non-hydrogen) atoms. The van der Waals surface area contributed by atoms with E-state index in [2.05, 4.69) is 21.3 Å². The summed E-state index contributed by atoms with van der Waals surface area (Å²) in [4.78, 5) is 83.6. The van der Waals surface area contributed by atoms with E-state index in [0.717, 1.165) is 6.92 Å². The largest absolute Gasteiger partial charge is 0.480 e. The highest BCUT2D eigenvalue weighted by Crippen LogP contribution is 2.23. The predicted molar refractivity (Wildman–Crippen MR) is 153 cm³/mol. The van der Waals surface area contributed by atoms with Gasteiger partial charge in [0.05, 0.1) is 12.6 Å². The van der Waals surface area contributed by atoms with Crippen LogP contribution >= 0.6 is 0 Å². The second kappa shape index (κ2) is 18.9. The highest BCUT2D eigenvalue weighted by Gasteiger charge is 2.47. The Morgan fingerprint density at radius 1 is 0.891 bits per heavy atom. The molecule has 0 spiro atoms. The van der Waals surface area contributed by atoms with Crippen molar-refractivity contribution < 1.29 is 68.6 Å². The van der Waals surface area contributed by atoms with Crippen LogP contribution in [0.25, 0.3) is 0 Å². The molecule has 262 valence electrons. The molecule has 0 aromatic carbocycles. The summed E-state index contributed by atoms with van der Waals surface area (Å²) >= 11 is 0. The maximum Gasteiger partial charge on any atom is 0.326 e. The molecule has 20 heteroatoms. The first kappa shape index (κ1) is 40.1. The van der Waals surface area contributed by atoms with Gasteiger partial charge < -0.3 is 67.7 Å². The third kappa shape index (κ3) is 12.8. The van der Waals surface area contributed by atoms with Gasteiger partial charge in [-0.05, 0) is 39.5 Å². The standard InChI is InChI=1S/C26H44N6O14/c1-10(29-23(39)11(2)45-20-18(30-12(3)34)26(44)46-16(9-33)19(20)36)22(38)32-15(25(42)43)7-8-17(35)31-14(24(40)41)6-4-5-13(27)21(28)37/h10-11,13-16,18-20,26,33,36,44H,4-9,27H2,1-3H3,(H2,28,37)(H,29,39)(H,30,34)(H,31,35)(H,32,38)(H,40,41)(H,42,43)/t10?,11?,13?,14?,15?,16-,18-,19-,20-,26?/m1/s1. The zero-order valence-corrected chi connectivity index (χ0v) is 25.6. The molecule has 0 aliphatic carbocycles. The van der Waals surface area contributed by atoms with Gasteiger partial charge in [0, 0.05) is 13.3 Å². The zero-order chi connectivity index (χ0) is 35.3. The molecule has 1 aliphatic rings. The van der Waals surface area contributed by atoms with Gasteiger partial charge in [0.15, 0.2) is 6.29 Å². The van der Waals surface area contributed by atoms with Gasteiger partial charge in [-0.15, -0.1) is 0 Å². The molecule has 0 bridgehead atoms. The number of carbonyl (C=O) groups is 7. The molecule has 1 rings (SSSR count). The molecule has 1 fully saturated rings. The van der Waals surface area contributed by atoms with Crippen LogP contribution in [0.5, 0.6) is 0 Å². The Labute approximate surface area is 263 Å². The van der Waals surface area contributed by atoms with Crippen LogP contribution in [0.4, 0.5) is 0 Å². The Balaban J connectivity index is 2.73. The normalized spacial score (nSPS) is 24.3. The van der Waals surface area contributed by atoms with Gasteiger partial charge in [0.25, 0.3) is 0 Å². The van der Waals surface area contributed by atoms with E-state index in [-0.39, 0.29) is 19.3 Å². The van der Waals surface area contributed by atoms with Crippen molar-refractivity contribution in [1.29, 1.82) is 0 Å². The van der Waals surface area contributed by atoms with Crippen molar-refractivity contribution in [3.63, 3.8) is 0 Å². The van der Waals surface area contributed by atoms with E-state index < -0.39 is 122 Å². The maximum absolute atomic E-state index is 12.8. The molecule has 13 N–H and O–H groups in total. The smallest absolute Gasteiger partial charge is 0.326 e. The fourth-order valence-corrected chi connectivity index (χ4v) is 4.37. The lowest BCUT2D eigenvalue weighted by molar-refractivity contribution is -0.266. The van der Waals surface area contributed by atoms with Crippen molar-refractivity contribution in [2.45, 2.75) is 114 Å². The average molecular weight is 665 g/mol. The van der Waals surface area contributed by atoms with Crippen LogP contribution in [0.3, 0.4) is 0 Å². The van der Waals surface area contributed by atoms with Crippen molar-refractivity contribution in [3.8, 4) is 0 Å². The number of ether oxygens (including phenoxy) is 2. The summed E-state index contributed by atoms with van der Waals surface area (Å²) < 4.78 is 10.6. The van der Waals surface area contributed by atoms with Crippen molar-refractivity contribution >= 4 is 41.5 Å². The van der Waals surface area contributed by atoms with Crippen LogP contribution in [0.2, 0.25) is 0 Å². The van der Waals surface area contributed by atoms with Gasteiger partial charge >= 0.3 is 11.9 Å². The average Bonchev–Trinajstić information content (AvgIpc) is 2.96. The number of hydrogen-bond donors (Lipinski definition) is 11. The van der Waals surface area contributed by atoms with Crippen LogP contribution in [0, 0.1) is 0 Å². The quantitative estimate of drug-likeness (QED) is 0.0614. The van der Waals surface area contributed by atoms with Crippen LogP contribution in [0.1, 0.15) is 52.9 Å². The first-order valence-corrected chi connectivity index (χ1v) is 14.3. The van der Waals surface area contributed by atoms with Gasteiger partial charge in [-0.2, -0.15) is 0 Å². The summed E-state index contributed by atoms with van der Waals surface area (Å²) in [5, 5.41) is 58.1. The van der Waals surface area contributed by atoms with E-state index >= 15 is 0 Å². The van der Waals surface area contributed by atoms with E-state index in [0.29, 0.717) is 0 Å². The van der Waals surface area contributed by atoms with Gasteiger partial charge in [-0.3, -0.25) is 24.0 Å². The van der Waals surface area contributed by atoms with Gasteiger partial charge in [0.2, 0.25) is 29.5 Å². The first-order chi connectivity index (χ1) is 21.4. The van der Waals surface area contributed by atoms with E-state index in [1.807, 2.05) is 0 Å². The number of amides is 5. The van der Waals surface area contributed by atoms with Gasteiger partial charge in [-0.1, -0.05) is 0 Å². The molecule has 1 aliphatic heterocycles. The van der Waals surface area contributed by atoms with Gasteiger partial charge in [0.1, 0.15) is 48.6 Å². The fourth-order valence-electron chi connectivity index (χ4n) is 4.37. The summed E-state index contributed by atoms with van der Waals surface area (Å²) in [7, 11) is 0. The minimum Gasteiger partial charge on any atom is -0.480 e. The summed E-state index contributed by atoms with van der Waals surface area (Å²) in [6.07, 6.45) is -8.18. The highest BCUT2D eigenvalue weighted by molar-refractivity contribution is 5.91. The number of rotatable bonds is 19. The van der Waals surface area contributed by atoms with Gasteiger partial charge in [-0.25, -0.2) is 9.59 Å². The lowest BCUT2D eigenvalue weighted by Gasteiger charge is -2.43. The molecule has 1 saturated heterocycles. The number of nitrogens with one attached hydrogen (secondary N) is 4. The third-order valence-corrected chi connectivity index (χ3v) is 7.01. The summed E-state index contributed by atoms with van der Waals surface area (Å²) in [5.41, 5.74) is 10.5. The molecule has 20 nitrogen and oxygen atoms in total. The number of primary amides is 1. The summed E-state index contributed by atoms with van der Waals surface area (Å²) in [6.45, 7) is 2.87. The number of nitrogens with two attached hydrogens (primary N) is 2. The Hall–Kier alpha value is -3.95. The predicted octanol–water partition coefficient (Wildman–Crippen LogP) is -5.26. The first-order valence-electron chi connectivity index (χ1n) is 14.3. The van der Waals surface area contributed by atoms with Crippen molar-refractivity contribution in [1.82, 2.24) is 21.3 Å². The molecule has 10 atom stereocenters. The number of carboxylic acid groups (broad SMARTS) is 2. The van der Waals surface area contributed by atoms with Crippen LogP contribution in [-0.2, 0) is 43.0 Å². The minimum absolute atomic E-state index is 0.0789. The summed E-state index contributed by atoms with van der Waals surface area (Å²) in [6, 6.07) is -6.59. The fraction of sp³-hybridized carbons (Fsp3) is 0.731. The molecule has 0 aromatic rings. The Morgan fingerprint density at radius 3 is 2.00 bits per heavy atom. The number of hydrogen-bond acceptors (Lipinski definition) is 13. The van der Waals surface area contributed by atoms with Crippen molar-refractivity contribution in [2.75, 3.05) is 6.61 Å². The molecule has 6 unspecified atom stereocenters. The zero-order valence-electron chi connectivity index (χ0n) is 25.6. The van der Waals surface area contributed by atoms with Crippen molar-refractivity contribution in [3.05, 3.63) is 0 Å². The van der Waals surface area contributed by atoms with Crippen LogP contribution < -0.4 is 32.7 Å². The molecular formula is C26H44N6O14. The Morgan fingerprint density at radius 2 is 1.48 bits per heavy atom. The number of carbonyl (C=O) groups excluding carboxylic acids is 5. The van der Waals surface area contributed by atoms with E-state index in [1.165, 1.54) is 13.8 Å². The second-order valence-corrected chi connectivity index (χ2v) is 10.8. The molecular weight excluding hydrogens is 620 g/mol. The van der Waals surface area contributed by atoms with E-state index in [1.54, 1.807) is 0 Å². The lowest BCUT2D eigenvalue weighted by atomic mass is 9.96. The molecule has 1 heterocycles. The second-order valence-electron chi connectivity index (χ2n) is 10.8. The number of aliphatic hydroxyl groups excluding tert-OH is 3.